The molecule has 0 amide bonds. The highest BCUT2D eigenvalue weighted by atomic mass is 32.2. The van der Waals surface area contributed by atoms with Crippen LogP contribution in [0.25, 0.3) is 0 Å². The fourth-order valence-electron chi connectivity index (χ4n) is 2.30. The summed E-state index contributed by atoms with van der Waals surface area (Å²) in [5.74, 6) is 0.288. The quantitative estimate of drug-likeness (QED) is 0.800. The van der Waals surface area contributed by atoms with Crippen LogP contribution >= 0.6 is 11.3 Å². The zero-order chi connectivity index (χ0) is 15.3. The first-order valence-corrected chi connectivity index (χ1v) is 9.70. The van der Waals surface area contributed by atoms with Crippen molar-refractivity contribution >= 4 is 21.4 Å². The van der Waals surface area contributed by atoms with Gasteiger partial charge >= 0.3 is 0 Å². The molecule has 7 heteroatoms. The number of rotatable bonds is 7. The monoisotopic (exact) mass is 332 g/mol. The number of ether oxygens (including phenoxy) is 1. The van der Waals surface area contributed by atoms with Crippen molar-refractivity contribution in [3.05, 3.63) is 16.5 Å². The summed E-state index contributed by atoms with van der Waals surface area (Å²) in [6.07, 6.45) is 2.04. The van der Waals surface area contributed by atoms with E-state index in [1.807, 2.05) is 13.8 Å². The maximum absolute atomic E-state index is 12.4. The molecule has 2 rings (SSSR count). The molecule has 2 heterocycles. The van der Waals surface area contributed by atoms with Gasteiger partial charge in [-0.25, -0.2) is 13.1 Å². The van der Waals surface area contributed by atoms with Gasteiger partial charge in [0.05, 0.1) is 6.61 Å². The second-order valence-electron chi connectivity index (χ2n) is 5.39. The first kappa shape index (κ1) is 16.9. The van der Waals surface area contributed by atoms with Gasteiger partial charge in [-0.15, -0.1) is 11.3 Å². The summed E-state index contributed by atoms with van der Waals surface area (Å²) < 4.78 is 33.2. The van der Waals surface area contributed by atoms with Crippen LogP contribution in [0.3, 0.4) is 0 Å². The number of aryl methyl sites for hydroxylation is 1. The van der Waals surface area contributed by atoms with Crippen LogP contribution in [0.1, 0.15) is 30.2 Å². The van der Waals surface area contributed by atoms with Crippen LogP contribution in [-0.4, -0.2) is 34.7 Å². The Morgan fingerprint density at radius 2 is 2.29 bits per heavy atom. The lowest BCUT2D eigenvalue weighted by molar-refractivity contribution is 0.0568. The molecule has 0 bridgehead atoms. The van der Waals surface area contributed by atoms with Gasteiger partial charge in [-0.1, -0.05) is 6.92 Å². The second kappa shape index (κ2) is 7.69. The third kappa shape index (κ3) is 4.75. The van der Waals surface area contributed by atoms with E-state index in [-0.39, 0.29) is 5.92 Å². The van der Waals surface area contributed by atoms with Crippen LogP contribution in [0.5, 0.6) is 0 Å². The summed E-state index contributed by atoms with van der Waals surface area (Å²) in [4.78, 5) is 1.08. The van der Waals surface area contributed by atoms with E-state index in [0.717, 1.165) is 43.0 Å². The third-order valence-electron chi connectivity index (χ3n) is 3.62. The van der Waals surface area contributed by atoms with Crippen molar-refractivity contribution in [1.82, 2.24) is 10.0 Å². The van der Waals surface area contributed by atoms with E-state index in [0.29, 0.717) is 17.4 Å². The van der Waals surface area contributed by atoms with Gasteiger partial charge in [-0.2, -0.15) is 0 Å². The van der Waals surface area contributed by atoms with Gasteiger partial charge in [0, 0.05) is 24.6 Å². The smallest absolute Gasteiger partial charge is 0.250 e. The lowest BCUT2D eigenvalue weighted by atomic mass is 10.0. The lowest BCUT2D eigenvalue weighted by Gasteiger charge is -2.21. The Morgan fingerprint density at radius 3 is 2.95 bits per heavy atom. The maximum atomic E-state index is 12.4. The van der Waals surface area contributed by atoms with Crippen molar-refractivity contribution < 1.29 is 13.2 Å². The number of hydrogen-bond acceptors (Lipinski definition) is 5. The molecule has 120 valence electrons. The zero-order valence-electron chi connectivity index (χ0n) is 12.6. The van der Waals surface area contributed by atoms with Crippen molar-refractivity contribution in [1.29, 1.82) is 0 Å². The normalized spacial score (nSPS) is 19.8. The zero-order valence-corrected chi connectivity index (χ0v) is 14.3. The molecule has 2 N–H and O–H groups in total. The molecular weight excluding hydrogens is 308 g/mol. The summed E-state index contributed by atoms with van der Waals surface area (Å²) in [7, 11) is -3.40. The topological polar surface area (TPSA) is 67.4 Å². The Morgan fingerprint density at radius 1 is 1.48 bits per heavy atom. The molecule has 5 nitrogen and oxygen atoms in total. The van der Waals surface area contributed by atoms with Crippen molar-refractivity contribution in [2.45, 2.75) is 37.4 Å². The summed E-state index contributed by atoms with van der Waals surface area (Å²) in [6.45, 7) is 7.49. The fourth-order valence-corrected chi connectivity index (χ4v) is 5.02. The molecule has 1 fully saturated rings. The Hall–Kier alpha value is -0.470. The molecule has 0 spiro atoms. The van der Waals surface area contributed by atoms with Crippen LogP contribution < -0.4 is 10.0 Å². The van der Waals surface area contributed by atoms with Gasteiger partial charge in [-0.3, -0.25) is 0 Å². The number of nitrogens with one attached hydrogen (secondary N) is 2. The van der Waals surface area contributed by atoms with E-state index < -0.39 is 10.0 Å². The van der Waals surface area contributed by atoms with Crippen molar-refractivity contribution in [2.24, 2.45) is 5.92 Å². The maximum Gasteiger partial charge on any atom is 0.250 e. The van der Waals surface area contributed by atoms with Gasteiger partial charge in [0.1, 0.15) is 4.21 Å². The van der Waals surface area contributed by atoms with Gasteiger partial charge in [0.25, 0.3) is 0 Å². The van der Waals surface area contributed by atoms with Crippen LogP contribution in [0, 0.1) is 12.8 Å². The SMILES string of the molecule is CCNCc1sc(S(=O)(=O)NCC2CCCOC2)cc1C. The molecule has 21 heavy (non-hydrogen) atoms. The van der Waals surface area contributed by atoms with Crippen LogP contribution in [-0.2, 0) is 21.3 Å². The van der Waals surface area contributed by atoms with E-state index >= 15 is 0 Å². The molecule has 0 aliphatic carbocycles. The molecule has 1 aliphatic rings. The average Bonchev–Trinajstić information content (AvgIpc) is 2.86. The number of hydrogen-bond donors (Lipinski definition) is 2. The molecule has 1 unspecified atom stereocenters. The first-order chi connectivity index (χ1) is 10.0. The highest BCUT2D eigenvalue weighted by Crippen LogP contribution is 2.26. The van der Waals surface area contributed by atoms with E-state index in [4.69, 9.17) is 4.74 Å². The highest BCUT2D eigenvalue weighted by Gasteiger charge is 2.21. The predicted octanol–water partition coefficient (Wildman–Crippen LogP) is 1.87. The minimum Gasteiger partial charge on any atom is -0.381 e. The van der Waals surface area contributed by atoms with Crippen LogP contribution in [0.2, 0.25) is 0 Å². The van der Waals surface area contributed by atoms with Gasteiger partial charge in [0.2, 0.25) is 10.0 Å². The average molecular weight is 332 g/mol. The molecule has 0 radical (unpaired) electrons. The Balaban J connectivity index is 1.98. The summed E-state index contributed by atoms with van der Waals surface area (Å²) in [5.41, 5.74) is 1.03. The van der Waals surface area contributed by atoms with E-state index in [9.17, 15) is 8.42 Å². The van der Waals surface area contributed by atoms with Crippen molar-refractivity contribution in [3.8, 4) is 0 Å². The van der Waals surface area contributed by atoms with E-state index in [1.165, 1.54) is 11.3 Å². The number of sulfonamides is 1. The highest BCUT2D eigenvalue weighted by molar-refractivity contribution is 7.91. The van der Waals surface area contributed by atoms with Crippen LogP contribution in [0.15, 0.2) is 10.3 Å². The summed E-state index contributed by atoms with van der Waals surface area (Å²) in [6, 6.07) is 1.76. The molecular formula is C14H24N2O3S2. The molecule has 0 aromatic carbocycles. The lowest BCUT2D eigenvalue weighted by Crippen LogP contribution is -2.32. The van der Waals surface area contributed by atoms with Crippen molar-refractivity contribution in [3.63, 3.8) is 0 Å². The molecule has 1 aromatic heterocycles. The fraction of sp³-hybridized carbons (Fsp3) is 0.714. The summed E-state index contributed by atoms with van der Waals surface area (Å²) >= 11 is 1.35. The van der Waals surface area contributed by atoms with Crippen molar-refractivity contribution in [2.75, 3.05) is 26.3 Å². The molecule has 1 atom stereocenters. The molecule has 1 aliphatic heterocycles. The predicted molar refractivity (Wildman–Crippen MR) is 85.2 cm³/mol. The summed E-state index contributed by atoms with van der Waals surface area (Å²) in [5, 5.41) is 3.23. The molecule has 0 saturated carbocycles. The number of thiophene rings is 1. The first-order valence-electron chi connectivity index (χ1n) is 7.40. The Bertz CT molecular complexity index is 549. The van der Waals surface area contributed by atoms with Gasteiger partial charge in [0.15, 0.2) is 0 Å². The van der Waals surface area contributed by atoms with Gasteiger partial charge < -0.3 is 10.1 Å². The van der Waals surface area contributed by atoms with Crippen LogP contribution in [0.4, 0.5) is 0 Å². The van der Waals surface area contributed by atoms with E-state index in [2.05, 4.69) is 10.0 Å². The minimum atomic E-state index is -3.40. The third-order valence-corrected chi connectivity index (χ3v) is 6.75. The second-order valence-corrected chi connectivity index (χ2v) is 8.52. The Kier molecular flexibility index (Phi) is 6.19. The Labute approximate surface area is 131 Å². The van der Waals surface area contributed by atoms with Gasteiger partial charge in [-0.05, 0) is 43.9 Å². The molecule has 1 saturated heterocycles. The minimum absolute atomic E-state index is 0.288. The molecule has 1 aromatic rings. The standard InChI is InChI=1S/C14H24N2O3S2/c1-3-15-9-13-11(2)7-14(20-13)21(17,18)16-8-12-5-4-6-19-10-12/h7,12,15-16H,3-6,8-10H2,1-2H3. The largest absolute Gasteiger partial charge is 0.381 e. The van der Waals surface area contributed by atoms with E-state index in [1.54, 1.807) is 6.07 Å².